The van der Waals surface area contributed by atoms with Gasteiger partial charge < -0.3 is 50.9 Å². The number of phosphoric acid groups is 3. The third-order valence-corrected chi connectivity index (χ3v) is 14.1. The Morgan fingerprint density at radius 1 is 0.969 bits per heavy atom. The topological polar surface area (TPSA) is 364 Å². The van der Waals surface area contributed by atoms with Crippen molar-refractivity contribution in [3.05, 3.63) is 24.8 Å². The van der Waals surface area contributed by atoms with Crippen molar-refractivity contribution < 1.29 is 80.5 Å². The highest BCUT2D eigenvalue weighted by Crippen LogP contribution is 2.61. The number of carbonyl (C=O) groups is 3. The van der Waals surface area contributed by atoms with Crippen molar-refractivity contribution in [1.29, 1.82) is 0 Å². The number of allylic oxidation sites excluding steroid dienone is 1. The third kappa shape index (κ3) is 19.8. The molecule has 370 valence electrons. The number of nitrogens with one attached hydrogen (secondary N) is 2. The number of carbonyl (C=O) groups excluding carboxylic acids is 3. The van der Waals surface area contributed by atoms with Gasteiger partial charge in [0.25, 0.3) is 0 Å². The summed E-state index contributed by atoms with van der Waals surface area (Å²) in [5.74, 6) is 0.580. The van der Waals surface area contributed by atoms with Crippen molar-refractivity contribution in [2.24, 2.45) is 23.2 Å². The van der Waals surface area contributed by atoms with E-state index < -0.39 is 84.6 Å². The van der Waals surface area contributed by atoms with Gasteiger partial charge in [-0.05, 0) is 30.3 Å². The van der Waals surface area contributed by atoms with E-state index in [-0.39, 0.29) is 47.5 Å². The minimum atomic E-state index is -5.58. The first-order valence-electron chi connectivity index (χ1n) is 20.9. The fraction of sp³-hybridized carbons (Fsp3) is 0.730. The zero-order valence-electron chi connectivity index (χ0n) is 37.2. The van der Waals surface area contributed by atoms with Crippen LogP contribution in [0.1, 0.15) is 92.7 Å². The SMILES string of the molecule is CC(C)CCC[C@H](C)CCC[C@H](C)/C=C/C(=O)SCCNC(=O)CCNC(=O)C(O)C(C)(C)COP(=O)(O)OP(=O)(O)OC[C@H]1O[C@@H](n2cnc3c(N)ncnc32)[C@@H](O)[C@H]1OP(=O)(O)O. The number of thioether (sulfide) groups is 1. The number of nitrogens with zero attached hydrogens (tertiary/aromatic N) is 4. The maximum atomic E-state index is 12.7. The average molecular weight is 1000 g/mol. The van der Waals surface area contributed by atoms with E-state index >= 15 is 0 Å². The maximum absolute atomic E-state index is 12.7. The second kappa shape index (κ2) is 25.6. The molecular weight excluding hydrogens is 939 g/mol. The van der Waals surface area contributed by atoms with Gasteiger partial charge in [-0.2, -0.15) is 4.31 Å². The molecule has 0 saturated carbocycles. The number of aliphatic hydroxyl groups excluding tert-OH is 2. The number of amides is 2. The zero-order valence-corrected chi connectivity index (χ0v) is 40.7. The number of hydrogen-bond acceptors (Lipinski definition) is 18. The lowest BCUT2D eigenvalue weighted by Crippen LogP contribution is -2.46. The lowest BCUT2D eigenvalue weighted by molar-refractivity contribution is -0.137. The van der Waals surface area contributed by atoms with Crippen molar-refractivity contribution in [2.75, 3.05) is 37.8 Å². The number of imidazole rings is 1. The highest BCUT2D eigenvalue weighted by atomic mass is 32.2. The van der Waals surface area contributed by atoms with Crippen LogP contribution in [0.5, 0.6) is 0 Å². The van der Waals surface area contributed by atoms with Gasteiger partial charge in [-0.1, -0.05) is 91.5 Å². The number of nitrogen functional groups attached to an aromatic ring is 1. The van der Waals surface area contributed by atoms with E-state index in [2.05, 4.69) is 62.1 Å². The minimum absolute atomic E-state index is 0.0314. The molecule has 65 heavy (non-hydrogen) atoms. The Morgan fingerprint density at radius 3 is 2.29 bits per heavy atom. The summed E-state index contributed by atoms with van der Waals surface area (Å²) >= 11 is 1.07. The zero-order chi connectivity index (χ0) is 48.8. The largest absolute Gasteiger partial charge is 0.481 e. The molecule has 3 rings (SSSR count). The first-order chi connectivity index (χ1) is 30.2. The standard InChI is InChI=1S/C37H64N7O17P3S/c1-23(2)9-7-10-24(3)11-8-12-25(4)13-14-28(46)65-18-17-39-27(45)15-16-40-35(49)32(48)37(5,6)20-58-64(55,56)61-63(53,54)57-19-26-31(60-62(50,51)52)30(47)36(59-26)44-22-43-29-33(38)41-21-42-34(29)44/h13-14,21-26,30-32,36,47-48H,7-12,15-20H2,1-6H3,(H,39,45)(H,40,49)(H,53,54)(H,55,56)(H2,38,41,42)(H2,50,51,52)/b14-13+/t24-,25-,26+,30-,31-,32?,36+/m0/s1. The van der Waals surface area contributed by atoms with Crippen molar-refractivity contribution in [3.8, 4) is 0 Å². The summed E-state index contributed by atoms with van der Waals surface area (Å²) in [5, 5.41) is 26.4. The number of hydrogen-bond donors (Lipinski definition) is 9. The predicted octanol–water partition coefficient (Wildman–Crippen LogP) is 3.49. The molecule has 1 fully saturated rings. The summed E-state index contributed by atoms with van der Waals surface area (Å²) in [6, 6.07) is 0. The molecule has 0 aliphatic carbocycles. The van der Waals surface area contributed by atoms with Gasteiger partial charge in [0.1, 0.15) is 36.3 Å². The number of phosphoric ester groups is 3. The average Bonchev–Trinajstić information content (AvgIpc) is 3.76. The van der Waals surface area contributed by atoms with Crippen LogP contribution in [0.25, 0.3) is 11.2 Å². The van der Waals surface area contributed by atoms with Crippen LogP contribution in [0.15, 0.2) is 24.8 Å². The van der Waals surface area contributed by atoms with Crippen molar-refractivity contribution in [3.63, 3.8) is 0 Å². The first-order valence-corrected chi connectivity index (χ1v) is 26.4. The van der Waals surface area contributed by atoms with Gasteiger partial charge in [0.2, 0.25) is 16.9 Å². The van der Waals surface area contributed by atoms with E-state index in [0.29, 0.717) is 11.7 Å². The minimum Gasteiger partial charge on any atom is -0.386 e. The van der Waals surface area contributed by atoms with Crippen LogP contribution in [0.4, 0.5) is 5.82 Å². The van der Waals surface area contributed by atoms with Gasteiger partial charge in [0.05, 0.1) is 19.5 Å². The van der Waals surface area contributed by atoms with Gasteiger partial charge in [0, 0.05) is 30.7 Å². The summed E-state index contributed by atoms with van der Waals surface area (Å²) in [6.07, 6.45) is 3.58. The van der Waals surface area contributed by atoms with Gasteiger partial charge >= 0.3 is 23.5 Å². The second-order valence-corrected chi connectivity index (χ2v) is 22.3. The predicted molar refractivity (Wildman–Crippen MR) is 237 cm³/mol. The Morgan fingerprint density at radius 2 is 1.63 bits per heavy atom. The molecule has 0 radical (unpaired) electrons. The summed E-state index contributed by atoms with van der Waals surface area (Å²) < 4.78 is 62.4. The molecule has 1 saturated heterocycles. The maximum Gasteiger partial charge on any atom is 0.481 e. The molecule has 3 unspecified atom stereocenters. The molecule has 2 aromatic heterocycles. The highest BCUT2D eigenvalue weighted by Gasteiger charge is 2.50. The van der Waals surface area contributed by atoms with Crippen LogP contribution >= 0.6 is 35.2 Å². The van der Waals surface area contributed by atoms with Crippen LogP contribution in [0.3, 0.4) is 0 Å². The molecule has 0 spiro atoms. The Hall–Kier alpha value is -2.70. The van der Waals surface area contributed by atoms with Crippen LogP contribution < -0.4 is 16.4 Å². The molecule has 28 heteroatoms. The van der Waals surface area contributed by atoms with Crippen LogP contribution in [0.2, 0.25) is 0 Å². The van der Waals surface area contributed by atoms with E-state index in [9.17, 15) is 57.9 Å². The summed E-state index contributed by atoms with van der Waals surface area (Å²) in [4.78, 5) is 88.4. The quantitative estimate of drug-likeness (QED) is 0.0320. The molecule has 9 atom stereocenters. The molecule has 0 bridgehead atoms. The highest BCUT2D eigenvalue weighted by molar-refractivity contribution is 8.14. The second-order valence-electron chi connectivity index (χ2n) is 16.9. The first kappa shape index (κ1) is 56.6. The molecule has 3 heterocycles. The van der Waals surface area contributed by atoms with E-state index in [4.69, 9.17) is 19.5 Å². The Balaban J connectivity index is 1.38. The molecule has 2 amide bonds. The fourth-order valence-electron chi connectivity index (χ4n) is 6.48. The Kier molecular flexibility index (Phi) is 22.3. The Bertz CT molecular complexity index is 2060. The molecule has 2 aromatic rings. The normalized spacial score (nSPS) is 21.6. The van der Waals surface area contributed by atoms with Gasteiger partial charge in [-0.3, -0.25) is 32.5 Å². The molecule has 0 aromatic carbocycles. The van der Waals surface area contributed by atoms with Gasteiger partial charge in [-0.25, -0.2) is 28.6 Å². The fourth-order valence-corrected chi connectivity index (χ4v) is 9.89. The molecule has 1 aliphatic rings. The number of rotatable bonds is 29. The smallest absolute Gasteiger partial charge is 0.386 e. The number of aliphatic hydroxyl groups is 2. The lowest BCUT2D eigenvalue weighted by Gasteiger charge is -2.30. The number of fused-ring (bicyclic) bond motifs is 1. The summed E-state index contributed by atoms with van der Waals surface area (Å²) in [7, 11) is -16.4. The number of nitrogens with two attached hydrogens (primary N) is 1. The number of ether oxygens (including phenoxy) is 1. The van der Waals surface area contributed by atoms with Gasteiger partial charge in [-0.15, -0.1) is 0 Å². The van der Waals surface area contributed by atoms with Crippen LogP contribution in [-0.2, 0) is 50.7 Å². The van der Waals surface area contributed by atoms with Crippen molar-refractivity contribution >= 4 is 69.1 Å². The summed E-state index contributed by atoms with van der Waals surface area (Å²) in [5.41, 5.74) is 4.27. The number of aromatic nitrogens is 4. The van der Waals surface area contributed by atoms with E-state index in [1.165, 1.54) is 39.5 Å². The molecular formula is C37H64N7O17P3S. The molecule has 24 nitrogen and oxygen atoms in total. The lowest BCUT2D eigenvalue weighted by atomic mass is 9.87. The van der Waals surface area contributed by atoms with Crippen molar-refractivity contribution in [2.45, 2.75) is 117 Å². The van der Waals surface area contributed by atoms with Crippen LogP contribution in [-0.4, -0.2) is 123 Å². The Labute approximate surface area is 381 Å². The van der Waals surface area contributed by atoms with Gasteiger partial charge in [0.15, 0.2) is 17.7 Å². The van der Waals surface area contributed by atoms with E-state index in [1.807, 2.05) is 6.08 Å². The van der Waals surface area contributed by atoms with E-state index in [0.717, 1.165) is 47.7 Å². The van der Waals surface area contributed by atoms with Crippen LogP contribution in [0, 0.1) is 23.2 Å². The van der Waals surface area contributed by atoms with Crippen molar-refractivity contribution in [1.82, 2.24) is 30.2 Å². The number of anilines is 1. The third-order valence-electron chi connectivity index (χ3n) is 10.1. The monoisotopic (exact) mass is 1000 g/mol. The molecule has 1 aliphatic heterocycles. The summed E-state index contributed by atoms with van der Waals surface area (Å²) in [6.45, 7) is 9.35. The van der Waals surface area contributed by atoms with E-state index in [1.54, 1.807) is 6.08 Å². The molecule has 10 N–H and O–H groups in total.